The van der Waals surface area contributed by atoms with Crippen LogP contribution >= 0.6 is 11.6 Å². The van der Waals surface area contributed by atoms with Gasteiger partial charge in [-0.25, -0.2) is 9.78 Å². The summed E-state index contributed by atoms with van der Waals surface area (Å²) >= 11 is 5.99. The first-order chi connectivity index (χ1) is 16.4. The number of carboxylic acid groups (broad SMARTS) is 1. The van der Waals surface area contributed by atoms with Crippen molar-refractivity contribution < 1.29 is 19.4 Å². The summed E-state index contributed by atoms with van der Waals surface area (Å²) in [6.07, 6.45) is 6.76. The maximum atomic E-state index is 13.3. The van der Waals surface area contributed by atoms with Crippen LogP contribution in [0.2, 0.25) is 5.02 Å². The van der Waals surface area contributed by atoms with Gasteiger partial charge >= 0.3 is 6.09 Å². The van der Waals surface area contributed by atoms with Gasteiger partial charge in [-0.05, 0) is 55.5 Å². The molecule has 1 aliphatic carbocycles. The van der Waals surface area contributed by atoms with Crippen molar-refractivity contribution in [2.45, 2.75) is 45.1 Å². The summed E-state index contributed by atoms with van der Waals surface area (Å²) < 4.78 is 7.86. The molecule has 0 radical (unpaired) electrons. The zero-order valence-corrected chi connectivity index (χ0v) is 19.8. The van der Waals surface area contributed by atoms with E-state index >= 15 is 0 Å². The van der Waals surface area contributed by atoms with Gasteiger partial charge in [-0.3, -0.25) is 9.20 Å². The van der Waals surface area contributed by atoms with Gasteiger partial charge in [0.25, 0.3) is 5.91 Å². The monoisotopic (exact) mass is 484 g/mol. The molecule has 9 heteroatoms. The molecule has 8 nitrogen and oxygen atoms in total. The number of fused-ring (bicyclic) bond motifs is 1. The molecule has 0 spiro atoms. The average Bonchev–Trinajstić information content (AvgIpc) is 3.18. The zero-order chi connectivity index (χ0) is 24.1. The molecule has 34 heavy (non-hydrogen) atoms. The van der Waals surface area contributed by atoms with E-state index in [2.05, 4.69) is 15.6 Å². The second-order valence-electron chi connectivity index (χ2n) is 8.69. The van der Waals surface area contributed by atoms with Crippen LogP contribution in [0.1, 0.15) is 59.9 Å². The summed E-state index contributed by atoms with van der Waals surface area (Å²) in [7, 11) is 0. The number of nitrogens with zero attached hydrogens (tertiary/aromatic N) is 2. The molecule has 1 saturated carbocycles. The maximum Gasteiger partial charge on any atom is 0.404 e. The first kappa shape index (κ1) is 23.9. The molecular formula is C25H29ClN4O4. The molecule has 0 bridgehead atoms. The summed E-state index contributed by atoms with van der Waals surface area (Å²) in [5.74, 6) is 0.841. The van der Waals surface area contributed by atoms with Crippen LogP contribution in [0.25, 0.3) is 5.65 Å². The van der Waals surface area contributed by atoms with E-state index < -0.39 is 12.1 Å². The van der Waals surface area contributed by atoms with Crippen LogP contribution in [0.3, 0.4) is 0 Å². The number of benzene rings is 1. The van der Waals surface area contributed by atoms with Crippen molar-refractivity contribution in [3.63, 3.8) is 0 Å². The number of rotatable bonds is 8. The van der Waals surface area contributed by atoms with E-state index in [-0.39, 0.29) is 12.5 Å². The first-order valence-corrected chi connectivity index (χ1v) is 11.9. The minimum absolute atomic E-state index is 0.00817. The van der Waals surface area contributed by atoms with Gasteiger partial charge in [0.1, 0.15) is 5.69 Å². The first-order valence-electron chi connectivity index (χ1n) is 11.6. The number of aryl methyl sites for hydroxylation is 1. The van der Waals surface area contributed by atoms with E-state index in [1.54, 1.807) is 41.8 Å². The Balaban J connectivity index is 1.56. The Kier molecular flexibility index (Phi) is 7.57. The third-order valence-corrected chi connectivity index (χ3v) is 6.49. The molecule has 1 aromatic carbocycles. The summed E-state index contributed by atoms with van der Waals surface area (Å²) in [4.78, 5) is 29.0. The number of hydrogen-bond acceptors (Lipinski definition) is 4. The van der Waals surface area contributed by atoms with Gasteiger partial charge in [-0.15, -0.1) is 0 Å². The smallest absolute Gasteiger partial charge is 0.404 e. The molecule has 1 aliphatic rings. The highest BCUT2D eigenvalue weighted by Crippen LogP contribution is 2.27. The second-order valence-corrected chi connectivity index (χ2v) is 9.13. The van der Waals surface area contributed by atoms with Crippen LogP contribution in [-0.2, 0) is 0 Å². The van der Waals surface area contributed by atoms with Crippen molar-refractivity contribution in [3.8, 4) is 5.75 Å². The summed E-state index contributed by atoms with van der Waals surface area (Å²) in [6, 6.07) is 10.0. The third kappa shape index (κ3) is 5.62. The summed E-state index contributed by atoms with van der Waals surface area (Å²) in [5, 5.41) is 14.9. The van der Waals surface area contributed by atoms with E-state index in [4.69, 9.17) is 21.4 Å². The zero-order valence-electron chi connectivity index (χ0n) is 19.1. The van der Waals surface area contributed by atoms with Crippen LogP contribution in [-0.4, -0.2) is 39.6 Å². The van der Waals surface area contributed by atoms with Crippen LogP contribution in [0.15, 0.2) is 42.6 Å². The average molecular weight is 485 g/mol. The van der Waals surface area contributed by atoms with E-state index in [0.29, 0.717) is 40.3 Å². The number of carbonyl (C=O) groups is 2. The fourth-order valence-corrected chi connectivity index (χ4v) is 4.59. The minimum atomic E-state index is -1.17. The molecule has 180 valence electrons. The van der Waals surface area contributed by atoms with Crippen LogP contribution in [0.5, 0.6) is 5.75 Å². The molecule has 0 aliphatic heterocycles. The molecule has 4 rings (SSSR count). The van der Waals surface area contributed by atoms with Gasteiger partial charge < -0.3 is 20.5 Å². The van der Waals surface area contributed by atoms with Gasteiger partial charge in [0.05, 0.1) is 18.3 Å². The lowest BCUT2D eigenvalue weighted by molar-refractivity contribution is 0.0928. The topological polar surface area (TPSA) is 105 Å². The van der Waals surface area contributed by atoms with Crippen molar-refractivity contribution in [2.75, 3.05) is 13.2 Å². The second kappa shape index (κ2) is 10.8. The Labute approximate surface area is 203 Å². The summed E-state index contributed by atoms with van der Waals surface area (Å²) in [5.41, 5.74) is 2.27. The fourth-order valence-electron chi connectivity index (χ4n) is 4.47. The Hall–Kier alpha value is -3.26. The van der Waals surface area contributed by atoms with Crippen LogP contribution < -0.4 is 15.4 Å². The number of amides is 2. The van der Waals surface area contributed by atoms with Gasteiger partial charge in [-0.1, -0.05) is 43.0 Å². The van der Waals surface area contributed by atoms with Crippen molar-refractivity contribution in [2.24, 2.45) is 5.92 Å². The van der Waals surface area contributed by atoms with E-state index in [9.17, 15) is 9.59 Å². The van der Waals surface area contributed by atoms with Crippen molar-refractivity contribution in [1.29, 1.82) is 0 Å². The predicted molar refractivity (Wildman–Crippen MR) is 130 cm³/mol. The SMILES string of the molecule is Cc1nc2c(OCC3CCCCC3)cccn2c1C(=O)NC(CNC(=O)O)c1ccc(Cl)cc1. The number of halogens is 1. The van der Waals surface area contributed by atoms with Crippen molar-refractivity contribution in [1.82, 2.24) is 20.0 Å². The Bertz CT molecular complexity index is 1160. The third-order valence-electron chi connectivity index (χ3n) is 6.24. The highest BCUT2D eigenvalue weighted by atomic mass is 35.5. The van der Waals surface area contributed by atoms with Crippen LogP contribution in [0.4, 0.5) is 4.79 Å². The number of hydrogen-bond donors (Lipinski definition) is 3. The Morgan fingerprint density at radius 3 is 2.65 bits per heavy atom. The largest absolute Gasteiger partial charge is 0.489 e. The normalized spacial score (nSPS) is 15.1. The molecule has 1 unspecified atom stereocenters. The predicted octanol–water partition coefficient (Wildman–Crippen LogP) is 4.99. The molecule has 1 fully saturated rings. The molecule has 3 aromatic rings. The van der Waals surface area contributed by atoms with Crippen LogP contribution in [0, 0.1) is 12.8 Å². The Morgan fingerprint density at radius 1 is 1.21 bits per heavy atom. The highest BCUT2D eigenvalue weighted by Gasteiger charge is 2.23. The molecule has 0 saturated heterocycles. The maximum absolute atomic E-state index is 13.3. The quantitative estimate of drug-likeness (QED) is 0.417. The fraction of sp³-hybridized carbons (Fsp3) is 0.400. The van der Waals surface area contributed by atoms with E-state index in [0.717, 1.165) is 5.56 Å². The number of imidazole rings is 1. The number of nitrogens with one attached hydrogen (secondary N) is 2. The van der Waals surface area contributed by atoms with Gasteiger partial charge in [0.15, 0.2) is 11.4 Å². The highest BCUT2D eigenvalue weighted by molar-refractivity contribution is 6.30. The van der Waals surface area contributed by atoms with E-state index in [1.807, 2.05) is 12.1 Å². The molecule has 1 atom stereocenters. The number of carbonyl (C=O) groups excluding carboxylic acids is 1. The molecule has 2 heterocycles. The Morgan fingerprint density at radius 2 is 1.94 bits per heavy atom. The molecule has 2 amide bonds. The number of ether oxygens (including phenoxy) is 1. The summed E-state index contributed by atoms with van der Waals surface area (Å²) in [6.45, 7) is 2.43. The van der Waals surface area contributed by atoms with Gasteiger partial charge in [0.2, 0.25) is 0 Å². The molecule has 3 N–H and O–H groups in total. The minimum Gasteiger partial charge on any atom is -0.489 e. The van der Waals surface area contributed by atoms with E-state index in [1.165, 1.54) is 32.1 Å². The standard InChI is InChI=1S/C25H29ClN4O4/c1-16-22(24(31)29-20(14-27-25(32)33)18-9-11-19(26)12-10-18)30-13-5-8-21(23(30)28-16)34-15-17-6-3-2-4-7-17/h5,8-13,17,20,27H,2-4,6-7,14-15H2,1H3,(H,29,31)(H,32,33). The number of pyridine rings is 1. The lowest BCUT2D eigenvalue weighted by Gasteiger charge is -2.21. The van der Waals surface area contributed by atoms with Crippen molar-refractivity contribution in [3.05, 3.63) is 64.6 Å². The lowest BCUT2D eigenvalue weighted by atomic mass is 9.90. The van der Waals surface area contributed by atoms with Gasteiger partial charge in [-0.2, -0.15) is 0 Å². The number of aromatic nitrogens is 2. The van der Waals surface area contributed by atoms with Gasteiger partial charge in [0, 0.05) is 17.8 Å². The lowest BCUT2D eigenvalue weighted by Crippen LogP contribution is -2.38. The molecule has 2 aromatic heterocycles. The molecular weight excluding hydrogens is 456 g/mol. The van der Waals surface area contributed by atoms with Crippen molar-refractivity contribution >= 4 is 29.2 Å².